The Kier molecular flexibility index (Phi) is 6.75. The third-order valence-corrected chi connectivity index (χ3v) is 5.33. The molecule has 1 aliphatic heterocycles. The van der Waals surface area contributed by atoms with E-state index in [0.717, 1.165) is 36.5 Å². The Morgan fingerprint density at radius 3 is 2.62 bits per heavy atom. The number of carboxylic acids is 1. The summed E-state index contributed by atoms with van der Waals surface area (Å²) in [6.45, 7) is 4.06. The van der Waals surface area contributed by atoms with E-state index in [4.69, 9.17) is 4.74 Å². The summed E-state index contributed by atoms with van der Waals surface area (Å²) in [4.78, 5) is 26.4. The van der Waals surface area contributed by atoms with Crippen molar-refractivity contribution in [1.82, 2.24) is 0 Å². The number of carbonyl (C=O) groups excluding carboxylic acids is 1. The number of hydrogen-bond acceptors (Lipinski definition) is 4. The third-order valence-electron chi connectivity index (χ3n) is 5.33. The highest BCUT2D eigenvalue weighted by Gasteiger charge is 2.20. The maximum Gasteiger partial charge on any atom is 0.337 e. The molecule has 1 atom stereocenters. The molecule has 2 aromatic rings. The minimum atomic E-state index is -1.04. The van der Waals surface area contributed by atoms with Gasteiger partial charge in [0.25, 0.3) is 0 Å². The van der Waals surface area contributed by atoms with Crippen molar-refractivity contribution in [2.45, 2.75) is 32.6 Å². The van der Waals surface area contributed by atoms with Crippen molar-refractivity contribution in [3.05, 3.63) is 53.6 Å². The molecule has 0 aromatic heterocycles. The van der Waals surface area contributed by atoms with Gasteiger partial charge in [-0.2, -0.15) is 0 Å². The van der Waals surface area contributed by atoms with E-state index in [-0.39, 0.29) is 17.9 Å². The molecule has 1 saturated heterocycles. The summed E-state index contributed by atoms with van der Waals surface area (Å²) in [6.07, 6.45) is 3.15. The molecule has 0 aliphatic carbocycles. The van der Waals surface area contributed by atoms with Crippen LogP contribution in [-0.4, -0.2) is 37.2 Å². The Bertz CT molecular complexity index is 864. The maximum absolute atomic E-state index is 12.4. The smallest absolute Gasteiger partial charge is 0.337 e. The number of methoxy groups -OCH3 is 1. The van der Waals surface area contributed by atoms with Gasteiger partial charge in [0.1, 0.15) is 5.75 Å². The van der Waals surface area contributed by atoms with Crippen LogP contribution in [0.2, 0.25) is 0 Å². The average molecular weight is 396 g/mol. The predicted octanol–water partition coefficient (Wildman–Crippen LogP) is 4.20. The van der Waals surface area contributed by atoms with E-state index in [2.05, 4.69) is 17.1 Å². The van der Waals surface area contributed by atoms with Crippen LogP contribution < -0.4 is 15.0 Å². The maximum atomic E-state index is 12.4. The molecule has 3 rings (SSSR count). The van der Waals surface area contributed by atoms with E-state index in [1.807, 2.05) is 30.3 Å². The summed E-state index contributed by atoms with van der Waals surface area (Å²) >= 11 is 0. The molecule has 6 heteroatoms. The van der Waals surface area contributed by atoms with Crippen molar-refractivity contribution in [2.75, 3.05) is 30.4 Å². The second-order valence-corrected chi connectivity index (χ2v) is 7.62. The molecule has 1 amide bonds. The van der Waals surface area contributed by atoms with Crippen LogP contribution >= 0.6 is 0 Å². The van der Waals surface area contributed by atoms with Gasteiger partial charge in [-0.15, -0.1) is 0 Å². The fourth-order valence-electron chi connectivity index (χ4n) is 3.70. The Balaban J connectivity index is 1.65. The minimum Gasteiger partial charge on any atom is -0.497 e. The van der Waals surface area contributed by atoms with Crippen molar-refractivity contribution in [2.24, 2.45) is 5.92 Å². The average Bonchev–Trinajstić information content (AvgIpc) is 2.72. The van der Waals surface area contributed by atoms with Crippen LogP contribution in [0.5, 0.6) is 5.75 Å². The van der Waals surface area contributed by atoms with Crippen molar-refractivity contribution >= 4 is 23.3 Å². The number of benzene rings is 2. The Labute approximate surface area is 171 Å². The van der Waals surface area contributed by atoms with E-state index in [9.17, 15) is 14.7 Å². The monoisotopic (exact) mass is 396 g/mol. The molecule has 0 saturated carbocycles. The molecule has 0 bridgehead atoms. The van der Waals surface area contributed by atoms with E-state index < -0.39 is 5.97 Å². The van der Waals surface area contributed by atoms with E-state index in [1.54, 1.807) is 19.2 Å². The number of anilines is 2. The summed E-state index contributed by atoms with van der Waals surface area (Å²) in [6, 6.07) is 12.8. The molecule has 2 aromatic carbocycles. The SMILES string of the molecule is COc1ccc(CCC(=O)Nc2ccc(N3CCCC(C)C3)cc2C(=O)O)cc1. The van der Waals surface area contributed by atoms with Gasteiger partial charge in [-0.05, 0) is 61.1 Å². The number of carboxylic acid groups (broad SMARTS) is 1. The van der Waals surface area contributed by atoms with E-state index in [1.165, 1.54) is 6.42 Å². The number of nitrogens with zero attached hydrogens (tertiary/aromatic N) is 1. The number of hydrogen-bond donors (Lipinski definition) is 2. The van der Waals surface area contributed by atoms with Gasteiger partial charge in [0.2, 0.25) is 5.91 Å². The fourth-order valence-corrected chi connectivity index (χ4v) is 3.70. The molecule has 0 radical (unpaired) electrons. The lowest BCUT2D eigenvalue weighted by molar-refractivity contribution is -0.116. The highest BCUT2D eigenvalue weighted by Crippen LogP contribution is 2.27. The first-order chi connectivity index (χ1) is 14.0. The van der Waals surface area contributed by atoms with Crippen molar-refractivity contribution < 1.29 is 19.4 Å². The van der Waals surface area contributed by atoms with Gasteiger partial charge >= 0.3 is 5.97 Å². The van der Waals surface area contributed by atoms with Crippen LogP contribution in [0, 0.1) is 5.92 Å². The Hall–Kier alpha value is -3.02. The van der Waals surface area contributed by atoms with Gasteiger partial charge in [0.05, 0.1) is 18.4 Å². The minimum absolute atomic E-state index is 0.124. The topological polar surface area (TPSA) is 78.9 Å². The van der Waals surface area contributed by atoms with E-state index >= 15 is 0 Å². The standard InChI is InChI=1S/C23H28N2O4/c1-16-4-3-13-25(15-16)18-8-11-21(20(14-18)23(27)28)24-22(26)12-7-17-5-9-19(29-2)10-6-17/h5-6,8-11,14,16H,3-4,7,12-13,15H2,1-2H3,(H,24,26)(H,27,28). The summed E-state index contributed by atoms with van der Waals surface area (Å²) in [5.41, 5.74) is 2.38. The number of aromatic carboxylic acids is 1. The van der Waals surface area contributed by atoms with Gasteiger partial charge in [-0.1, -0.05) is 19.1 Å². The predicted molar refractivity (Wildman–Crippen MR) is 114 cm³/mol. The summed E-state index contributed by atoms with van der Waals surface area (Å²) in [5.74, 6) is 0.117. The summed E-state index contributed by atoms with van der Waals surface area (Å²) < 4.78 is 5.13. The highest BCUT2D eigenvalue weighted by atomic mass is 16.5. The number of nitrogens with one attached hydrogen (secondary N) is 1. The fraction of sp³-hybridized carbons (Fsp3) is 0.391. The van der Waals surface area contributed by atoms with Crippen LogP contribution in [0.25, 0.3) is 0 Å². The largest absolute Gasteiger partial charge is 0.497 e. The molecule has 29 heavy (non-hydrogen) atoms. The van der Waals surface area contributed by atoms with Gasteiger partial charge in [-0.3, -0.25) is 4.79 Å². The molecular formula is C23H28N2O4. The number of piperidine rings is 1. The van der Waals surface area contributed by atoms with Crippen molar-refractivity contribution in [3.8, 4) is 5.75 Å². The molecular weight excluding hydrogens is 368 g/mol. The van der Waals surface area contributed by atoms with Crippen molar-refractivity contribution in [1.29, 1.82) is 0 Å². The normalized spacial score (nSPS) is 16.3. The highest BCUT2D eigenvalue weighted by molar-refractivity contribution is 6.01. The van der Waals surface area contributed by atoms with Crippen LogP contribution in [0.3, 0.4) is 0 Å². The van der Waals surface area contributed by atoms with Crippen LogP contribution in [0.1, 0.15) is 42.1 Å². The Morgan fingerprint density at radius 2 is 1.97 bits per heavy atom. The first-order valence-corrected chi connectivity index (χ1v) is 10.0. The second kappa shape index (κ2) is 9.45. The number of amides is 1. The second-order valence-electron chi connectivity index (χ2n) is 7.62. The number of ether oxygens (including phenoxy) is 1. The van der Waals surface area contributed by atoms with Gasteiger partial charge in [0, 0.05) is 25.2 Å². The Morgan fingerprint density at radius 1 is 1.21 bits per heavy atom. The zero-order valence-corrected chi connectivity index (χ0v) is 17.0. The number of aryl methyl sites for hydroxylation is 1. The molecule has 1 unspecified atom stereocenters. The van der Waals surface area contributed by atoms with Crippen LogP contribution in [-0.2, 0) is 11.2 Å². The number of rotatable bonds is 7. The van der Waals surface area contributed by atoms with Crippen molar-refractivity contribution in [3.63, 3.8) is 0 Å². The zero-order valence-electron chi connectivity index (χ0n) is 17.0. The summed E-state index contributed by atoms with van der Waals surface area (Å²) in [7, 11) is 1.61. The molecule has 1 fully saturated rings. The molecule has 2 N–H and O–H groups in total. The zero-order chi connectivity index (χ0) is 20.8. The van der Waals surface area contributed by atoms with Crippen LogP contribution in [0.15, 0.2) is 42.5 Å². The lowest BCUT2D eigenvalue weighted by Gasteiger charge is -2.33. The molecule has 6 nitrogen and oxygen atoms in total. The van der Waals surface area contributed by atoms with Gasteiger partial charge in [0.15, 0.2) is 0 Å². The summed E-state index contributed by atoms with van der Waals surface area (Å²) in [5, 5.41) is 12.4. The lowest BCUT2D eigenvalue weighted by atomic mass is 9.99. The van der Waals surface area contributed by atoms with Crippen LogP contribution in [0.4, 0.5) is 11.4 Å². The molecule has 1 aliphatic rings. The molecule has 1 heterocycles. The number of carbonyl (C=O) groups is 2. The quantitative estimate of drug-likeness (QED) is 0.733. The molecule has 154 valence electrons. The molecule has 0 spiro atoms. The van der Waals surface area contributed by atoms with Gasteiger partial charge < -0.3 is 20.1 Å². The first kappa shape index (κ1) is 20.7. The van der Waals surface area contributed by atoms with Gasteiger partial charge in [-0.25, -0.2) is 4.79 Å². The third kappa shape index (κ3) is 5.50. The lowest BCUT2D eigenvalue weighted by Crippen LogP contribution is -2.34. The first-order valence-electron chi connectivity index (χ1n) is 10.0. The van der Waals surface area contributed by atoms with E-state index in [0.29, 0.717) is 18.0 Å².